The van der Waals surface area contributed by atoms with Crippen LogP contribution in [0.1, 0.15) is 55.2 Å². The molecule has 0 amide bonds. The maximum absolute atomic E-state index is 13.2. The fourth-order valence-corrected chi connectivity index (χ4v) is 11.1. The number of hydrogen-bond acceptors (Lipinski definition) is 7. The zero-order chi connectivity index (χ0) is 37.3. The van der Waals surface area contributed by atoms with E-state index in [0.717, 1.165) is 61.8 Å². The molecule has 9 heteroatoms. The van der Waals surface area contributed by atoms with Crippen LogP contribution in [0.4, 0.5) is 0 Å². The van der Waals surface area contributed by atoms with E-state index < -0.39 is 37.4 Å². The number of likely N-dealkylation sites (tertiary alicyclic amines) is 1. The molecule has 1 saturated heterocycles. The Morgan fingerprint density at radius 2 is 0.868 bits per heavy atom. The fourth-order valence-electron chi connectivity index (χ4n) is 8.13. The van der Waals surface area contributed by atoms with Gasteiger partial charge in [0.05, 0.1) is 39.0 Å². The van der Waals surface area contributed by atoms with Crippen molar-refractivity contribution in [3.8, 4) is 0 Å². The van der Waals surface area contributed by atoms with Crippen LogP contribution in [0.25, 0.3) is 0 Å². The minimum atomic E-state index is -3.64. The fraction of sp³-hybridized carbons (Fsp3) is 0.318. The van der Waals surface area contributed by atoms with E-state index in [1.807, 2.05) is 54.6 Å². The molecule has 0 bridgehead atoms. The van der Waals surface area contributed by atoms with Gasteiger partial charge in [0.15, 0.2) is 19.7 Å². The van der Waals surface area contributed by atoms with Crippen LogP contribution in [0.3, 0.4) is 0 Å². The van der Waals surface area contributed by atoms with Crippen molar-refractivity contribution in [1.29, 1.82) is 0 Å². The SMILES string of the molecule is O=S(=O)(C[C@H](O)C1CCCC1)c1ccccc1.O=S(=O)(C[C@H](O)[C@@H]1CCCN1C(c1ccccc1)(c1ccccc1)c1ccccc1)c1ccccc1. The van der Waals surface area contributed by atoms with Gasteiger partial charge in [0.25, 0.3) is 0 Å². The molecule has 7 rings (SSSR count). The Balaban J connectivity index is 0.000000236. The largest absolute Gasteiger partial charge is 0.392 e. The van der Waals surface area contributed by atoms with Crippen LogP contribution < -0.4 is 0 Å². The van der Waals surface area contributed by atoms with Crippen LogP contribution >= 0.6 is 0 Å². The lowest BCUT2D eigenvalue weighted by molar-refractivity contribution is 0.0451. The van der Waals surface area contributed by atoms with Gasteiger partial charge in [-0.3, -0.25) is 4.90 Å². The molecule has 0 aromatic heterocycles. The highest BCUT2D eigenvalue weighted by atomic mass is 32.2. The maximum atomic E-state index is 13.2. The van der Waals surface area contributed by atoms with Crippen LogP contribution in [-0.4, -0.2) is 68.2 Å². The van der Waals surface area contributed by atoms with Gasteiger partial charge in [0.2, 0.25) is 0 Å². The highest BCUT2D eigenvalue weighted by Crippen LogP contribution is 2.46. The van der Waals surface area contributed by atoms with E-state index in [4.69, 9.17) is 0 Å². The third-order valence-electron chi connectivity index (χ3n) is 10.7. The van der Waals surface area contributed by atoms with Crippen molar-refractivity contribution in [2.24, 2.45) is 5.92 Å². The topological polar surface area (TPSA) is 112 Å². The Kier molecular flexibility index (Phi) is 12.6. The molecule has 1 aliphatic carbocycles. The van der Waals surface area contributed by atoms with Gasteiger partial charge in [-0.1, -0.05) is 140 Å². The standard InChI is InChI=1S/C31H31NO3S.C13H18O3S/c33-30(24-36(34,35)28-20-11-4-12-21-28)29-22-13-23-32(29)31(25-14-5-1-6-15-25,26-16-7-2-8-17-26)27-18-9-3-10-19-27;14-13(11-6-4-5-7-11)10-17(15,16)12-8-2-1-3-9-12/h1-12,14-21,29-30,33H,13,22-24H2;1-3,8-9,11,13-14H,4-7,10H2/t29-,30-;13-/m00/s1. The molecule has 1 saturated carbocycles. The van der Waals surface area contributed by atoms with E-state index >= 15 is 0 Å². The molecule has 7 nitrogen and oxygen atoms in total. The molecule has 53 heavy (non-hydrogen) atoms. The minimum Gasteiger partial charge on any atom is -0.392 e. The maximum Gasteiger partial charge on any atom is 0.180 e. The first kappa shape index (κ1) is 38.6. The van der Waals surface area contributed by atoms with Crippen LogP contribution in [0.5, 0.6) is 0 Å². The normalized spacial score (nSPS) is 18.2. The molecule has 2 aliphatic rings. The zero-order valence-corrected chi connectivity index (χ0v) is 31.5. The summed E-state index contributed by atoms with van der Waals surface area (Å²) in [6.45, 7) is 0.742. The Bertz CT molecular complexity index is 1980. The van der Waals surface area contributed by atoms with Gasteiger partial charge in [-0.25, -0.2) is 16.8 Å². The van der Waals surface area contributed by atoms with E-state index in [0.29, 0.717) is 4.90 Å². The third-order valence-corrected chi connectivity index (χ3v) is 14.2. The number of rotatable bonds is 12. The molecule has 0 spiro atoms. The number of hydrogen-bond donors (Lipinski definition) is 2. The van der Waals surface area contributed by atoms with Gasteiger partial charge < -0.3 is 10.2 Å². The lowest BCUT2D eigenvalue weighted by Gasteiger charge is -2.47. The van der Waals surface area contributed by atoms with Gasteiger partial charge >= 0.3 is 0 Å². The number of benzene rings is 5. The second kappa shape index (κ2) is 17.3. The summed E-state index contributed by atoms with van der Waals surface area (Å²) in [6, 6.07) is 47.5. The van der Waals surface area contributed by atoms with Crippen molar-refractivity contribution in [2.45, 2.75) is 72.1 Å². The summed E-state index contributed by atoms with van der Waals surface area (Å²) in [7, 11) is -6.98. The van der Waals surface area contributed by atoms with E-state index in [2.05, 4.69) is 41.3 Å². The Hall–Kier alpha value is -4.12. The van der Waals surface area contributed by atoms with E-state index in [-0.39, 0.29) is 28.4 Å². The number of nitrogens with zero attached hydrogens (tertiary/aromatic N) is 1. The molecule has 1 aliphatic heterocycles. The van der Waals surface area contributed by atoms with E-state index in [9.17, 15) is 27.0 Å². The third kappa shape index (κ3) is 8.82. The predicted molar refractivity (Wildman–Crippen MR) is 210 cm³/mol. The molecule has 2 fully saturated rings. The summed E-state index contributed by atoms with van der Waals surface area (Å²) in [5.41, 5.74) is 2.59. The van der Waals surface area contributed by atoms with Gasteiger partial charge in [-0.15, -0.1) is 0 Å². The Labute approximate surface area is 314 Å². The smallest absolute Gasteiger partial charge is 0.180 e. The first-order chi connectivity index (χ1) is 25.6. The van der Waals surface area contributed by atoms with Gasteiger partial charge in [0.1, 0.15) is 0 Å². The molecule has 5 aromatic carbocycles. The van der Waals surface area contributed by atoms with Gasteiger partial charge in [-0.05, 0) is 72.6 Å². The van der Waals surface area contributed by atoms with Crippen LogP contribution in [0, 0.1) is 5.92 Å². The van der Waals surface area contributed by atoms with Crippen LogP contribution in [0.15, 0.2) is 161 Å². The average molecular weight is 752 g/mol. The summed E-state index contributed by atoms with van der Waals surface area (Å²) in [6.07, 6.45) is 3.95. The lowest BCUT2D eigenvalue weighted by atomic mass is 9.75. The highest BCUT2D eigenvalue weighted by molar-refractivity contribution is 7.91. The zero-order valence-electron chi connectivity index (χ0n) is 29.9. The monoisotopic (exact) mass is 751 g/mol. The second-order valence-electron chi connectivity index (χ2n) is 14.1. The molecule has 0 radical (unpaired) electrons. The van der Waals surface area contributed by atoms with Crippen molar-refractivity contribution in [2.75, 3.05) is 18.1 Å². The summed E-state index contributed by atoms with van der Waals surface area (Å²) in [5, 5.41) is 21.5. The van der Waals surface area contributed by atoms with Gasteiger partial charge in [0, 0.05) is 12.6 Å². The van der Waals surface area contributed by atoms with Crippen LogP contribution in [0.2, 0.25) is 0 Å². The molecule has 1 heterocycles. The van der Waals surface area contributed by atoms with Crippen molar-refractivity contribution < 1.29 is 27.0 Å². The molecule has 278 valence electrons. The van der Waals surface area contributed by atoms with Crippen molar-refractivity contribution >= 4 is 19.7 Å². The Morgan fingerprint density at radius 3 is 1.26 bits per heavy atom. The summed E-state index contributed by atoms with van der Waals surface area (Å²) < 4.78 is 50.5. The van der Waals surface area contributed by atoms with Crippen LogP contribution in [-0.2, 0) is 25.2 Å². The quantitative estimate of drug-likeness (QED) is 0.129. The summed E-state index contributed by atoms with van der Waals surface area (Å²) in [4.78, 5) is 2.88. The molecular weight excluding hydrogens is 703 g/mol. The van der Waals surface area contributed by atoms with Gasteiger partial charge in [-0.2, -0.15) is 0 Å². The van der Waals surface area contributed by atoms with Crippen molar-refractivity contribution in [3.63, 3.8) is 0 Å². The Morgan fingerprint density at radius 1 is 0.509 bits per heavy atom. The number of aliphatic hydroxyl groups excluding tert-OH is 2. The first-order valence-electron chi connectivity index (χ1n) is 18.5. The minimum absolute atomic E-state index is 0.151. The van der Waals surface area contributed by atoms with E-state index in [1.54, 1.807) is 60.7 Å². The first-order valence-corrected chi connectivity index (χ1v) is 21.8. The molecule has 2 N–H and O–H groups in total. The molecular formula is C44H49NO6S2. The number of aliphatic hydroxyl groups is 2. The molecule has 5 aromatic rings. The van der Waals surface area contributed by atoms with Crippen molar-refractivity contribution in [3.05, 3.63) is 168 Å². The lowest BCUT2D eigenvalue weighted by Crippen LogP contribution is -2.54. The number of sulfone groups is 2. The summed E-state index contributed by atoms with van der Waals surface area (Å²) in [5.74, 6) is -0.303. The van der Waals surface area contributed by atoms with Crippen molar-refractivity contribution in [1.82, 2.24) is 4.90 Å². The highest BCUT2D eigenvalue weighted by Gasteiger charge is 2.49. The second-order valence-corrected chi connectivity index (χ2v) is 18.1. The molecule has 3 atom stereocenters. The summed E-state index contributed by atoms with van der Waals surface area (Å²) >= 11 is 0. The predicted octanol–water partition coefficient (Wildman–Crippen LogP) is 7.29. The average Bonchev–Trinajstić information content (AvgIpc) is 3.92. The van der Waals surface area contributed by atoms with E-state index in [1.165, 1.54) is 0 Å². The molecule has 0 unspecified atom stereocenters.